The van der Waals surface area contributed by atoms with Gasteiger partial charge in [0, 0.05) is 24.5 Å². The molecule has 0 aromatic carbocycles. The van der Waals surface area contributed by atoms with Gasteiger partial charge < -0.3 is 10.2 Å². The van der Waals surface area contributed by atoms with Crippen LogP contribution in [0.15, 0.2) is 5.38 Å². The summed E-state index contributed by atoms with van der Waals surface area (Å²) >= 11 is 1.80. The van der Waals surface area contributed by atoms with Gasteiger partial charge in [0.25, 0.3) is 0 Å². The molecule has 0 saturated carbocycles. The highest BCUT2D eigenvalue weighted by atomic mass is 32.1. The molecule has 0 spiro atoms. The van der Waals surface area contributed by atoms with E-state index in [1.165, 1.54) is 56.0 Å². The van der Waals surface area contributed by atoms with Gasteiger partial charge in [0.15, 0.2) is 5.13 Å². The number of nitrogens with one attached hydrogen (secondary N) is 1. The lowest BCUT2D eigenvalue weighted by Crippen LogP contribution is -2.24. The lowest BCUT2D eigenvalue weighted by atomic mass is 10.2. The van der Waals surface area contributed by atoms with E-state index >= 15 is 0 Å². The molecule has 1 N–H and O–H groups in total. The first-order chi connectivity index (χ1) is 8.81. The average Bonchev–Trinajstić information content (AvgIpc) is 2.72. The van der Waals surface area contributed by atoms with Crippen LogP contribution in [0.1, 0.15) is 57.7 Å². The van der Waals surface area contributed by atoms with Crippen molar-refractivity contribution < 1.29 is 0 Å². The normalized spacial score (nSPS) is 18.7. The second-order valence-corrected chi connectivity index (χ2v) is 5.97. The Bertz CT molecular complexity index is 343. The van der Waals surface area contributed by atoms with Gasteiger partial charge >= 0.3 is 0 Å². The molecule has 1 unspecified atom stereocenters. The maximum atomic E-state index is 4.81. The monoisotopic (exact) mass is 267 g/mol. The van der Waals surface area contributed by atoms with Crippen LogP contribution in [0.3, 0.4) is 0 Å². The molecular formula is C14H25N3S. The predicted molar refractivity (Wildman–Crippen MR) is 79.5 cm³/mol. The number of aromatic nitrogens is 1. The van der Waals surface area contributed by atoms with E-state index in [-0.39, 0.29) is 0 Å². The molecule has 1 aliphatic heterocycles. The Morgan fingerprint density at radius 1 is 1.33 bits per heavy atom. The maximum absolute atomic E-state index is 4.81. The highest BCUT2D eigenvalue weighted by molar-refractivity contribution is 7.13. The summed E-state index contributed by atoms with van der Waals surface area (Å²) < 4.78 is 0. The van der Waals surface area contributed by atoms with Crippen LogP contribution in [0.4, 0.5) is 5.13 Å². The van der Waals surface area contributed by atoms with Crippen LogP contribution in [0.2, 0.25) is 0 Å². The standard InChI is InChI=1S/C14H25N3S/c1-3-8-15-12(2)13-11-18-14(16-13)17-9-6-4-5-7-10-17/h11-12,15H,3-10H2,1-2H3. The van der Waals surface area contributed by atoms with Gasteiger partial charge in [-0.1, -0.05) is 19.8 Å². The average molecular weight is 267 g/mol. The molecule has 1 fully saturated rings. The SMILES string of the molecule is CCCNC(C)c1csc(N2CCCCCC2)n1. The largest absolute Gasteiger partial charge is 0.348 e. The molecule has 0 amide bonds. The first-order valence-electron chi connectivity index (χ1n) is 7.25. The van der Waals surface area contributed by atoms with Gasteiger partial charge in [-0.2, -0.15) is 0 Å². The Kier molecular flexibility index (Phi) is 5.45. The van der Waals surface area contributed by atoms with Gasteiger partial charge in [0.05, 0.1) is 5.69 Å². The lowest BCUT2D eigenvalue weighted by Gasteiger charge is -2.18. The van der Waals surface area contributed by atoms with Crippen LogP contribution < -0.4 is 10.2 Å². The van der Waals surface area contributed by atoms with Crippen LogP contribution in [-0.2, 0) is 0 Å². The van der Waals surface area contributed by atoms with E-state index in [2.05, 4.69) is 29.4 Å². The summed E-state index contributed by atoms with van der Waals surface area (Å²) in [5.41, 5.74) is 1.20. The molecule has 2 rings (SSSR count). The van der Waals surface area contributed by atoms with E-state index in [0.717, 1.165) is 6.54 Å². The van der Waals surface area contributed by atoms with Crippen molar-refractivity contribution in [1.82, 2.24) is 10.3 Å². The van der Waals surface area contributed by atoms with E-state index in [4.69, 9.17) is 4.98 Å². The fourth-order valence-electron chi connectivity index (χ4n) is 2.35. The van der Waals surface area contributed by atoms with Crippen LogP contribution in [0, 0.1) is 0 Å². The quantitative estimate of drug-likeness (QED) is 0.884. The second-order valence-electron chi connectivity index (χ2n) is 5.13. The predicted octanol–water partition coefficient (Wildman–Crippen LogP) is 3.58. The molecule has 1 aliphatic rings. The van der Waals surface area contributed by atoms with Crippen LogP contribution in [0.5, 0.6) is 0 Å². The summed E-state index contributed by atoms with van der Waals surface area (Å²) in [4.78, 5) is 7.28. The molecule has 0 radical (unpaired) electrons. The molecule has 1 atom stereocenters. The third-order valence-corrected chi connectivity index (χ3v) is 4.45. The summed E-state index contributed by atoms with van der Waals surface area (Å²) in [5, 5.41) is 6.94. The Hall–Kier alpha value is -0.610. The van der Waals surface area contributed by atoms with E-state index in [9.17, 15) is 0 Å². The third kappa shape index (κ3) is 3.69. The zero-order valence-corrected chi connectivity index (χ0v) is 12.4. The molecular weight excluding hydrogens is 242 g/mol. The van der Waals surface area contributed by atoms with E-state index in [0.29, 0.717) is 6.04 Å². The Morgan fingerprint density at radius 2 is 2.06 bits per heavy atom. The zero-order valence-electron chi connectivity index (χ0n) is 11.6. The first kappa shape index (κ1) is 13.8. The van der Waals surface area contributed by atoms with Crippen molar-refractivity contribution in [3.05, 3.63) is 11.1 Å². The van der Waals surface area contributed by atoms with E-state index in [1.807, 2.05) is 0 Å². The van der Waals surface area contributed by atoms with Crippen molar-refractivity contribution in [3.8, 4) is 0 Å². The molecule has 1 saturated heterocycles. The Labute approximate surface area is 115 Å². The van der Waals surface area contributed by atoms with Crippen molar-refractivity contribution in [2.75, 3.05) is 24.5 Å². The van der Waals surface area contributed by atoms with Crippen molar-refractivity contribution >= 4 is 16.5 Å². The summed E-state index contributed by atoms with van der Waals surface area (Å²) in [6.07, 6.45) is 6.57. The molecule has 3 nitrogen and oxygen atoms in total. The summed E-state index contributed by atoms with van der Waals surface area (Å²) in [6, 6.07) is 0.377. The van der Waals surface area contributed by atoms with Crippen molar-refractivity contribution in [2.24, 2.45) is 0 Å². The Morgan fingerprint density at radius 3 is 2.72 bits per heavy atom. The van der Waals surface area contributed by atoms with Gasteiger partial charge in [-0.05, 0) is 32.7 Å². The van der Waals surface area contributed by atoms with Gasteiger partial charge in [-0.3, -0.25) is 0 Å². The number of hydrogen-bond donors (Lipinski definition) is 1. The molecule has 2 heterocycles. The van der Waals surface area contributed by atoms with Crippen LogP contribution >= 0.6 is 11.3 Å². The minimum absolute atomic E-state index is 0.377. The molecule has 0 aliphatic carbocycles. The zero-order chi connectivity index (χ0) is 12.8. The molecule has 0 bridgehead atoms. The van der Waals surface area contributed by atoms with E-state index < -0.39 is 0 Å². The molecule has 18 heavy (non-hydrogen) atoms. The highest BCUT2D eigenvalue weighted by Crippen LogP contribution is 2.26. The highest BCUT2D eigenvalue weighted by Gasteiger charge is 2.15. The lowest BCUT2D eigenvalue weighted by molar-refractivity contribution is 0.560. The molecule has 102 valence electrons. The van der Waals surface area contributed by atoms with E-state index in [1.54, 1.807) is 11.3 Å². The number of anilines is 1. The van der Waals surface area contributed by atoms with Crippen LogP contribution in [0.25, 0.3) is 0 Å². The minimum Gasteiger partial charge on any atom is -0.348 e. The van der Waals surface area contributed by atoms with Crippen LogP contribution in [-0.4, -0.2) is 24.6 Å². The molecule has 1 aromatic heterocycles. The van der Waals surface area contributed by atoms with Crippen molar-refractivity contribution in [2.45, 2.75) is 52.0 Å². The smallest absolute Gasteiger partial charge is 0.185 e. The van der Waals surface area contributed by atoms with Gasteiger partial charge in [-0.15, -0.1) is 11.3 Å². The minimum atomic E-state index is 0.377. The fraction of sp³-hybridized carbons (Fsp3) is 0.786. The molecule has 1 aromatic rings. The third-order valence-electron chi connectivity index (χ3n) is 3.53. The summed E-state index contributed by atoms with van der Waals surface area (Å²) in [5.74, 6) is 0. The fourth-order valence-corrected chi connectivity index (χ4v) is 3.32. The van der Waals surface area contributed by atoms with Gasteiger partial charge in [0.2, 0.25) is 0 Å². The first-order valence-corrected chi connectivity index (χ1v) is 8.13. The van der Waals surface area contributed by atoms with Gasteiger partial charge in [0.1, 0.15) is 0 Å². The number of rotatable bonds is 5. The molecule has 4 heteroatoms. The van der Waals surface area contributed by atoms with Crippen molar-refractivity contribution in [1.29, 1.82) is 0 Å². The summed E-state index contributed by atoms with van der Waals surface area (Å²) in [7, 11) is 0. The number of thiazole rings is 1. The second kappa shape index (κ2) is 7.10. The number of hydrogen-bond acceptors (Lipinski definition) is 4. The maximum Gasteiger partial charge on any atom is 0.185 e. The van der Waals surface area contributed by atoms with Gasteiger partial charge in [-0.25, -0.2) is 4.98 Å². The number of nitrogens with zero attached hydrogens (tertiary/aromatic N) is 2. The van der Waals surface area contributed by atoms with Crippen molar-refractivity contribution in [3.63, 3.8) is 0 Å². The topological polar surface area (TPSA) is 28.2 Å². The summed E-state index contributed by atoms with van der Waals surface area (Å²) in [6.45, 7) is 7.84. The Balaban J connectivity index is 1.95.